The lowest BCUT2D eigenvalue weighted by Crippen LogP contribution is -2.28. The van der Waals surface area contributed by atoms with Crippen LogP contribution in [0.5, 0.6) is 0 Å². The van der Waals surface area contributed by atoms with Gasteiger partial charge in [0.25, 0.3) is 0 Å². The molecule has 1 aliphatic heterocycles. The Hall–Kier alpha value is -4.29. The van der Waals surface area contributed by atoms with Gasteiger partial charge in [-0.2, -0.15) is 5.10 Å². The zero-order valence-electron chi connectivity index (χ0n) is 20.7. The predicted octanol–water partition coefficient (Wildman–Crippen LogP) is 7.72. The topological polar surface area (TPSA) is 58.7 Å². The fraction of sp³-hybridized carbons (Fsp3) is 0.156. The molecule has 5 nitrogen and oxygen atoms in total. The van der Waals surface area contributed by atoms with Crippen molar-refractivity contribution in [1.82, 2.24) is 4.98 Å². The van der Waals surface area contributed by atoms with Crippen molar-refractivity contribution in [2.45, 2.75) is 25.3 Å². The second kappa shape index (κ2) is 9.54. The van der Waals surface area contributed by atoms with Gasteiger partial charge in [0.2, 0.25) is 5.13 Å². The molecule has 0 radical (unpaired) electrons. The number of hydrogen-bond donors (Lipinski definition) is 0. The molecule has 0 N–H and O–H groups in total. The summed E-state index contributed by atoms with van der Waals surface area (Å²) < 4.78 is 5.58. The molecule has 186 valence electrons. The molecule has 0 bridgehead atoms. The van der Waals surface area contributed by atoms with E-state index in [1.165, 1.54) is 28.0 Å². The first-order valence-corrected chi connectivity index (χ1v) is 13.8. The van der Waals surface area contributed by atoms with E-state index in [4.69, 9.17) is 14.5 Å². The minimum absolute atomic E-state index is 0.0534. The number of hydrazone groups is 1. The van der Waals surface area contributed by atoms with E-state index < -0.39 is 0 Å². The summed E-state index contributed by atoms with van der Waals surface area (Å²) in [5.41, 5.74) is 6.14. The number of benzene rings is 3. The Morgan fingerprint density at radius 2 is 1.71 bits per heavy atom. The molecule has 1 fully saturated rings. The van der Waals surface area contributed by atoms with Crippen molar-refractivity contribution in [2.24, 2.45) is 11.0 Å². The lowest BCUT2D eigenvalue weighted by atomic mass is 9.77. The molecular formula is C32H25N3O2S. The number of anilines is 1. The van der Waals surface area contributed by atoms with Crippen molar-refractivity contribution in [3.05, 3.63) is 123 Å². The van der Waals surface area contributed by atoms with Gasteiger partial charge in [-0.1, -0.05) is 78.9 Å². The van der Waals surface area contributed by atoms with E-state index in [1.54, 1.807) is 6.07 Å². The quantitative estimate of drug-likeness (QED) is 0.230. The first-order chi connectivity index (χ1) is 18.7. The van der Waals surface area contributed by atoms with Gasteiger partial charge in [-0.25, -0.2) is 14.8 Å². The van der Waals surface area contributed by atoms with Crippen molar-refractivity contribution < 1.29 is 4.42 Å². The molecular weight excluding hydrogens is 490 g/mol. The van der Waals surface area contributed by atoms with E-state index in [-0.39, 0.29) is 17.6 Å². The lowest BCUT2D eigenvalue weighted by Gasteiger charge is -2.29. The smallest absolute Gasteiger partial charge is 0.345 e. The summed E-state index contributed by atoms with van der Waals surface area (Å²) in [6.07, 6.45) is 5.50. The van der Waals surface area contributed by atoms with Gasteiger partial charge in [0, 0.05) is 16.7 Å². The minimum atomic E-state index is -0.380. The van der Waals surface area contributed by atoms with Gasteiger partial charge in [-0.3, -0.25) is 0 Å². The largest absolute Gasteiger partial charge is 0.422 e. The second-order valence-electron chi connectivity index (χ2n) is 9.76. The Bertz CT molecular complexity index is 1740. The molecule has 0 amide bonds. The van der Waals surface area contributed by atoms with E-state index >= 15 is 0 Å². The molecule has 7 rings (SSSR count). The van der Waals surface area contributed by atoms with Crippen LogP contribution < -0.4 is 10.6 Å². The number of nitrogens with zero attached hydrogens (tertiary/aromatic N) is 3. The molecule has 3 aromatic carbocycles. The molecule has 0 saturated heterocycles. The van der Waals surface area contributed by atoms with Crippen LogP contribution in [0.2, 0.25) is 0 Å². The molecule has 0 spiro atoms. The molecule has 2 atom stereocenters. The standard InChI is InChI=1S/C32H25N3O2S/c36-31-26(19-23-14-7-8-17-28(23)37-31)27-20-38-32(33-27)35-30(22-12-5-2-6-13-22)25-16-9-15-24(29(25)34-35)18-21-10-3-1-4-11-21/h1-8,10-14,17-20,25,30H,9,15-16H2/b24-18-/t25-,30-/m1/s1. The fourth-order valence-corrected chi connectivity index (χ4v) is 6.44. The molecule has 6 heteroatoms. The van der Waals surface area contributed by atoms with Crippen molar-refractivity contribution in [1.29, 1.82) is 0 Å². The highest BCUT2D eigenvalue weighted by Gasteiger charge is 2.42. The summed E-state index contributed by atoms with van der Waals surface area (Å²) in [4.78, 5) is 17.8. The average Bonchev–Trinajstić information content (AvgIpc) is 3.60. The van der Waals surface area contributed by atoms with Crippen molar-refractivity contribution in [2.75, 3.05) is 5.01 Å². The minimum Gasteiger partial charge on any atom is -0.422 e. The van der Waals surface area contributed by atoms with Crippen LogP contribution in [0, 0.1) is 5.92 Å². The van der Waals surface area contributed by atoms with Gasteiger partial charge in [-0.05, 0) is 54.2 Å². The zero-order valence-corrected chi connectivity index (χ0v) is 21.5. The maximum atomic E-state index is 12.8. The third-order valence-corrected chi connectivity index (χ3v) is 8.22. The zero-order chi connectivity index (χ0) is 25.5. The molecule has 3 heterocycles. The first kappa shape index (κ1) is 22.9. The number of aromatic nitrogens is 1. The molecule has 1 saturated carbocycles. The third-order valence-electron chi connectivity index (χ3n) is 7.39. The van der Waals surface area contributed by atoms with Crippen molar-refractivity contribution >= 4 is 39.2 Å². The summed E-state index contributed by atoms with van der Waals surface area (Å²) in [5, 5.41) is 10.9. The van der Waals surface area contributed by atoms with Crippen LogP contribution in [-0.2, 0) is 0 Å². The first-order valence-electron chi connectivity index (χ1n) is 12.9. The van der Waals surface area contributed by atoms with Crippen LogP contribution in [0.4, 0.5) is 5.13 Å². The van der Waals surface area contributed by atoms with E-state index in [1.807, 2.05) is 41.8 Å². The van der Waals surface area contributed by atoms with E-state index in [0.717, 1.165) is 35.5 Å². The van der Waals surface area contributed by atoms with Gasteiger partial charge in [0.15, 0.2) is 0 Å². The predicted molar refractivity (Wildman–Crippen MR) is 154 cm³/mol. The Morgan fingerprint density at radius 1 is 0.947 bits per heavy atom. The highest BCUT2D eigenvalue weighted by atomic mass is 32.1. The maximum Gasteiger partial charge on any atom is 0.345 e. The van der Waals surface area contributed by atoms with Crippen LogP contribution in [-0.4, -0.2) is 10.7 Å². The van der Waals surface area contributed by atoms with Crippen LogP contribution in [0.1, 0.15) is 36.4 Å². The summed E-state index contributed by atoms with van der Waals surface area (Å²) in [7, 11) is 0. The van der Waals surface area contributed by atoms with Gasteiger partial charge in [-0.15, -0.1) is 11.3 Å². The Labute approximate surface area is 224 Å². The SMILES string of the molecule is O=c1oc2ccccc2cc1-c1csc(N2N=C3/C(=C\c4ccccc4)CCC[C@H]3[C@H]2c2ccccc2)n1. The van der Waals surface area contributed by atoms with E-state index in [2.05, 4.69) is 59.6 Å². The molecule has 5 aromatic rings. The molecule has 2 aliphatic rings. The summed E-state index contributed by atoms with van der Waals surface area (Å²) in [6.45, 7) is 0. The second-order valence-corrected chi connectivity index (χ2v) is 10.6. The number of hydrogen-bond acceptors (Lipinski definition) is 6. The summed E-state index contributed by atoms with van der Waals surface area (Å²) in [6, 6.07) is 30.5. The van der Waals surface area contributed by atoms with Crippen molar-refractivity contribution in [3.8, 4) is 11.3 Å². The van der Waals surface area contributed by atoms with Crippen LogP contribution in [0.25, 0.3) is 28.3 Å². The van der Waals surface area contributed by atoms with Gasteiger partial charge in [0.05, 0.1) is 23.0 Å². The number of thiazole rings is 1. The van der Waals surface area contributed by atoms with Crippen LogP contribution >= 0.6 is 11.3 Å². The van der Waals surface area contributed by atoms with Gasteiger partial charge in [0.1, 0.15) is 5.58 Å². The molecule has 0 unspecified atom stereocenters. The normalized spacial score (nSPS) is 20.1. The maximum absolute atomic E-state index is 12.8. The monoisotopic (exact) mass is 515 g/mol. The fourth-order valence-electron chi connectivity index (χ4n) is 5.63. The lowest BCUT2D eigenvalue weighted by molar-refractivity contribution is 0.487. The van der Waals surface area contributed by atoms with E-state index in [9.17, 15) is 4.79 Å². The van der Waals surface area contributed by atoms with Gasteiger partial charge >= 0.3 is 5.63 Å². The number of fused-ring (bicyclic) bond motifs is 2. The Morgan fingerprint density at radius 3 is 2.55 bits per heavy atom. The van der Waals surface area contributed by atoms with E-state index in [0.29, 0.717) is 16.8 Å². The highest BCUT2D eigenvalue weighted by Crippen LogP contribution is 2.47. The number of rotatable bonds is 4. The Balaban J connectivity index is 1.32. The summed E-state index contributed by atoms with van der Waals surface area (Å²) in [5.74, 6) is 0.277. The molecule has 2 aromatic heterocycles. The number of para-hydroxylation sites is 1. The van der Waals surface area contributed by atoms with Crippen LogP contribution in [0.15, 0.2) is 116 Å². The van der Waals surface area contributed by atoms with Crippen LogP contribution in [0.3, 0.4) is 0 Å². The third kappa shape index (κ3) is 4.07. The van der Waals surface area contributed by atoms with Gasteiger partial charge < -0.3 is 4.42 Å². The highest BCUT2D eigenvalue weighted by molar-refractivity contribution is 7.14. The molecule has 38 heavy (non-hydrogen) atoms. The molecule has 1 aliphatic carbocycles. The van der Waals surface area contributed by atoms with Crippen molar-refractivity contribution in [3.63, 3.8) is 0 Å². The average molecular weight is 516 g/mol. The number of allylic oxidation sites excluding steroid dienone is 1. The summed E-state index contributed by atoms with van der Waals surface area (Å²) >= 11 is 1.51. The Kier molecular flexibility index (Phi) is 5.74.